The molecule has 0 unspecified atom stereocenters. The zero-order valence-electron chi connectivity index (χ0n) is 14.0. The van der Waals surface area contributed by atoms with Gasteiger partial charge in [-0.05, 0) is 55.5 Å². The monoisotopic (exact) mass is 351 g/mol. The summed E-state index contributed by atoms with van der Waals surface area (Å²) in [4.78, 5) is 23.0. The lowest BCUT2D eigenvalue weighted by molar-refractivity contribution is -0.112. The topological polar surface area (TPSA) is 111 Å². The zero-order valence-corrected chi connectivity index (χ0v) is 14.0. The molecule has 26 heavy (non-hydrogen) atoms. The molecule has 3 N–H and O–H groups in total. The summed E-state index contributed by atoms with van der Waals surface area (Å²) in [5.41, 5.74) is 1.07. The smallest absolute Gasteiger partial charge is 0.335 e. The molecule has 2 rings (SSSR count). The van der Waals surface area contributed by atoms with Crippen LogP contribution in [0.2, 0.25) is 0 Å². The molecule has 0 atom stereocenters. The van der Waals surface area contributed by atoms with Crippen molar-refractivity contribution in [3.63, 3.8) is 0 Å². The molecule has 0 aliphatic carbocycles. The van der Waals surface area contributed by atoms with Gasteiger partial charge in [-0.15, -0.1) is 0 Å². The molecule has 0 aromatic heterocycles. The number of nitrogens with one attached hydrogen (secondary N) is 2. The number of benzene rings is 2. The number of nitriles is 1. The third-order valence-electron chi connectivity index (χ3n) is 3.30. The number of carbonyl (C=O) groups is 2. The van der Waals surface area contributed by atoms with Gasteiger partial charge in [-0.25, -0.2) is 4.79 Å². The summed E-state index contributed by atoms with van der Waals surface area (Å²) in [5.74, 6) is -0.931. The highest BCUT2D eigenvalue weighted by Crippen LogP contribution is 2.16. The number of amides is 1. The fraction of sp³-hybridized carbons (Fsp3) is 0.105. The van der Waals surface area contributed by atoms with Crippen LogP contribution in [-0.4, -0.2) is 23.6 Å². The Bertz CT molecular complexity index is 850. The van der Waals surface area contributed by atoms with Gasteiger partial charge in [0.25, 0.3) is 5.91 Å². The van der Waals surface area contributed by atoms with Crippen LogP contribution in [0.1, 0.15) is 17.3 Å². The minimum atomic E-state index is -1.06. The summed E-state index contributed by atoms with van der Waals surface area (Å²) < 4.78 is 5.34. The number of anilines is 2. The summed E-state index contributed by atoms with van der Waals surface area (Å²) in [6.07, 6.45) is 1.30. The van der Waals surface area contributed by atoms with E-state index >= 15 is 0 Å². The summed E-state index contributed by atoms with van der Waals surface area (Å²) in [6.45, 7) is 2.46. The number of carboxylic acids is 1. The largest absolute Gasteiger partial charge is 0.494 e. The van der Waals surface area contributed by atoms with Crippen molar-refractivity contribution in [1.29, 1.82) is 5.26 Å². The Kier molecular flexibility index (Phi) is 6.34. The molecular weight excluding hydrogens is 334 g/mol. The molecule has 0 bridgehead atoms. The summed E-state index contributed by atoms with van der Waals surface area (Å²) in [6, 6.07) is 14.5. The lowest BCUT2D eigenvalue weighted by Gasteiger charge is -2.07. The highest BCUT2D eigenvalue weighted by atomic mass is 16.5. The van der Waals surface area contributed by atoms with Crippen LogP contribution in [0, 0.1) is 11.3 Å². The second-order valence-corrected chi connectivity index (χ2v) is 5.11. The fourth-order valence-corrected chi connectivity index (χ4v) is 2.01. The maximum atomic E-state index is 12.1. The number of ether oxygens (including phenoxy) is 1. The van der Waals surface area contributed by atoms with Crippen molar-refractivity contribution in [1.82, 2.24) is 0 Å². The van der Waals surface area contributed by atoms with Gasteiger partial charge < -0.3 is 20.5 Å². The van der Waals surface area contributed by atoms with Crippen LogP contribution >= 0.6 is 0 Å². The van der Waals surface area contributed by atoms with Crippen LogP contribution in [0.5, 0.6) is 5.75 Å². The predicted molar refractivity (Wildman–Crippen MR) is 97.0 cm³/mol. The third kappa shape index (κ3) is 5.11. The Morgan fingerprint density at radius 3 is 2.27 bits per heavy atom. The lowest BCUT2D eigenvalue weighted by Crippen LogP contribution is -2.14. The van der Waals surface area contributed by atoms with Gasteiger partial charge in [0, 0.05) is 17.6 Å². The van der Waals surface area contributed by atoms with Crippen molar-refractivity contribution < 1.29 is 19.4 Å². The second kappa shape index (κ2) is 8.89. The average molecular weight is 351 g/mol. The molecule has 0 heterocycles. The van der Waals surface area contributed by atoms with Crippen molar-refractivity contribution in [2.75, 3.05) is 17.2 Å². The molecule has 0 radical (unpaired) electrons. The first-order valence-electron chi connectivity index (χ1n) is 7.78. The molecule has 0 spiro atoms. The Balaban J connectivity index is 2.02. The summed E-state index contributed by atoms with van der Waals surface area (Å²) in [5, 5.41) is 23.4. The van der Waals surface area contributed by atoms with Crippen LogP contribution in [0.3, 0.4) is 0 Å². The van der Waals surface area contributed by atoms with E-state index in [1.807, 2.05) is 13.0 Å². The zero-order chi connectivity index (χ0) is 18.9. The molecule has 0 saturated heterocycles. The average Bonchev–Trinajstić information content (AvgIpc) is 2.64. The SMILES string of the molecule is CCOc1ccc(N/C=C(/C#N)C(=O)Nc2ccc(C(=O)O)cc2)cc1. The molecule has 0 aliphatic rings. The van der Waals surface area contributed by atoms with E-state index in [9.17, 15) is 9.59 Å². The number of aromatic carboxylic acids is 1. The highest BCUT2D eigenvalue weighted by Gasteiger charge is 2.10. The standard InChI is InChI=1S/C19H17N3O4/c1-2-26-17-9-7-15(8-10-17)21-12-14(11-20)18(23)22-16-5-3-13(4-6-16)19(24)25/h3-10,12,21H,2H2,1H3,(H,22,23)(H,24,25)/b14-12-. The van der Waals surface area contributed by atoms with Crippen LogP contribution in [0.4, 0.5) is 11.4 Å². The van der Waals surface area contributed by atoms with Gasteiger partial charge in [0.15, 0.2) is 0 Å². The Morgan fingerprint density at radius 1 is 1.12 bits per heavy atom. The first-order valence-corrected chi connectivity index (χ1v) is 7.78. The predicted octanol–water partition coefficient (Wildman–Crippen LogP) is 3.24. The Morgan fingerprint density at radius 2 is 1.73 bits per heavy atom. The number of hydrogen-bond acceptors (Lipinski definition) is 5. The van der Waals surface area contributed by atoms with Crippen molar-refractivity contribution in [2.45, 2.75) is 6.92 Å². The summed E-state index contributed by atoms with van der Waals surface area (Å²) in [7, 11) is 0. The lowest BCUT2D eigenvalue weighted by atomic mass is 10.2. The number of hydrogen-bond donors (Lipinski definition) is 3. The van der Waals surface area contributed by atoms with E-state index in [0.717, 1.165) is 5.75 Å². The number of rotatable bonds is 7. The van der Waals surface area contributed by atoms with Crippen LogP contribution in [0.25, 0.3) is 0 Å². The number of carboxylic acid groups (broad SMARTS) is 1. The van der Waals surface area contributed by atoms with Gasteiger partial charge in [0.2, 0.25) is 0 Å². The maximum absolute atomic E-state index is 12.1. The van der Waals surface area contributed by atoms with E-state index < -0.39 is 11.9 Å². The van der Waals surface area contributed by atoms with Crippen molar-refractivity contribution in [2.24, 2.45) is 0 Å². The first-order chi connectivity index (χ1) is 12.5. The molecular formula is C19H17N3O4. The fourth-order valence-electron chi connectivity index (χ4n) is 2.01. The molecule has 7 nitrogen and oxygen atoms in total. The van der Waals surface area contributed by atoms with E-state index in [-0.39, 0.29) is 11.1 Å². The molecule has 0 fully saturated rings. The van der Waals surface area contributed by atoms with E-state index in [2.05, 4.69) is 10.6 Å². The minimum absolute atomic E-state index is 0.108. The third-order valence-corrected chi connectivity index (χ3v) is 3.30. The quantitative estimate of drug-likeness (QED) is 0.521. The highest BCUT2D eigenvalue weighted by molar-refractivity contribution is 6.06. The van der Waals surface area contributed by atoms with Gasteiger partial charge in [-0.3, -0.25) is 4.79 Å². The van der Waals surface area contributed by atoms with Gasteiger partial charge in [-0.1, -0.05) is 0 Å². The van der Waals surface area contributed by atoms with E-state index in [1.165, 1.54) is 30.5 Å². The number of carbonyl (C=O) groups excluding carboxylic acids is 1. The second-order valence-electron chi connectivity index (χ2n) is 5.11. The molecule has 2 aromatic rings. The first kappa shape index (κ1) is 18.5. The van der Waals surface area contributed by atoms with E-state index in [1.54, 1.807) is 24.3 Å². The van der Waals surface area contributed by atoms with Crippen LogP contribution in [0.15, 0.2) is 60.3 Å². The van der Waals surface area contributed by atoms with Gasteiger partial charge in [0.05, 0.1) is 12.2 Å². The molecule has 132 valence electrons. The van der Waals surface area contributed by atoms with Gasteiger partial charge >= 0.3 is 5.97 Å². The van der Waals surface area contributed by atoms with E-state index in [4.69, 9.17) is 15.1 Å². The normalized spacial score (nSPS) is 10.5. The van der Waals surface area contributed by atoms with Crippen molar-refractivity contribution >= 4 is 23.3 Å². The van der Waals surface area contributed by atoms with E-state index in [0.29, 0.717) is 18.0 Å². The molecule has 0 saturated carbocycles. The van der Waals surface area contributed by atoms with Crippen LogP contribution < -0.4 is 15.4 Å². The molecule has 7 heteroatoms. The molecule has 1 amide bonds. The van der Waals surface area contributed by atoms with Crippen molar-refractivity contribution in [3.05, 3.63) is 65.9 Å². The molecule has 2 aromatic carbocycles. The van der Waals surface area contributed by atoms with Gasteiger partial charge in [-0.2, -0.15) is 5.26 Å². The number of nitrogens with zero attached hydrogens (tertiary/aromatic N) is 1. The van der Waals surface area contributed by atoms with Gasteiger partial charge in [0.1, 0.15) is 17.4 Å². The molecule has 0 aliphatic heterocycles. The Labute approximate surface area is 150 Å². The van der Waals surface area contributed by atoms with Crippen molar-refractivity contribution in [3.8, 4) is 11.8 Å². The van der Waals surface area contributed by atoms with Crippen LogP contribution in [-0.2, 0) is 4.79 Å². The summed E-state index contributed by atoms with van der Waals surface area (Å²) >= 11 is 0. The Hall–Kier alpha value is -3.79. The maximum Gasteiger partial charge on any atom is 0.335 e. The minimum Gasteiger partial charge on any atom is -0.494 e.